The van der Waals surface area contributed by atoms with Crippen molar-refractivity contribution < 1.29 is 29.0 Å². The maximum Gasteiger partial charge on any atom is 0.407 e. The molecule has 0 aromatic heterocycles. The van der Waals surface area contributed by atoms with Gasteiger partial charge in [-0.25, -0.2) is 4.79 Å². The first-order chi connectivity index (χ1) is 13.0. The van der Waals surface area contributed by atoms with E-state index in [-0.39, 0.29) is 24.8 Å². The summed E-state index contributed by atoms with van der Waals surface area (Å²) >= 11 is 0. The molecule has 28 heavy (non-hydrogen) atoms. The van der Waals surface area contributed by atoms with E-state index in [1.807, 2.05) is 13.8 Å². The molecule has 1 aliphatic heterocycles. The van der Waals surface area contributed by atoms with E-state index >= 15 is 0 Å². The molecule has 0 bridgehead atoms. The van der Waals surface area contributed by atoms with Crippen molar-refractivity contribution in [2.24, 2.45) is 11.8 Å². The van der Waals surface area contributed by atoms with Crippen LogP contribution in [-0.2, 0) is 19.1 Å². The lowest BCUT2D eigenvalue weighted by Crippen LogP contribution is -2.52. The molecule has 1 fully saturated rings. The number of carbonyl (C=O) groups excluding carboxylic acids is 3. The van der Waals surface area contributed by atoms with Crippen LogP contribution in [0.3, 0.4) is 0 Å². The predicted molar refractivity (Wildman–Crippen MR) is 104 cm³/mol. The average molecular weight is 402 g/mol. The van der Waals surface area contributed by atoms with Gasteiger partial charge in [0, 0.05) is 25.6 Å². The zero-order valence-corrected chi connectivity index (χ0v) is 17.5. The van der Waals surface area contributed by atoms with Crippen LogP contribution in [0.2, 0.25) is 0 Å². The molecule has 1 saturated heterocycles. The monoisotopic (exact) mass is 401 g/mol. The van der Waals surface area contributed by atoms with Gasteiger partial charge in [0.15, 0.2) is 6.10 Å². The average Bonchev–Trinajstić information content (AvgIpc) is 2.96. The maximum absolute atomic E-state index is 12.3. The molecule has 1 heterocycles. The first-order valence-corrected chi connectivity index (χ1v) is 9.80. The Balaban J connectivity index is 2.63. The van der Waals surface area contributed by atoms with E-state index in [9.17, 15) is 19.5 Å². The summed E-state index contributed by atoms with van der Waals surface area (Å²) in [7, 11) is 0. The van der Waals surface area contributed by atoms with Gasteiger partial charge in [-0.15, -0.1) is 0 Å². The highest BCUT2D eigenvalue weighted by atomic mass is 16.6. The lowest BCUT2D eigenvalue weighted by atomic mass is 9.94. The fourth-order valence-corrected chi connectivity index (χ4v) is 2.75. The van der Waals surface area contributed by atoms with Gasteiger partial charge < -0.3 is 30.5 Å². The van der Waals surface area contributed by atoms with E-state index in [1.165, 1.54) is 0 Å². The number of amides is 3. The van der Waals surface area contributed by atoms with Gasteiger partial charge in [0.25, 0.3) is 5.91 Å². The summed E-state index contributed by atoms with van der Waals surface area (Å²) in [6.45, 7) is 10.9. The molecule has 9 nitrogen and oxygen atoms in total. The van der Waals surface area contributed by atoms with E-state index in [0.29, 0.717) is 32.1 Å². The Morgan fingerprint density at radius 2 is 2.00 bits per heavy atom. The number of hydrogen-bond donors (Lipinski definition) is 4. The number of aliphatic hydroxyl groups is 1. The highest BCUT2D eigenvalue weighted by molar-refractivity contribution is 5.83. The van der Waals surface area contributed by atoms with Gasteiger partial charge in [-0.1, -0.05) is 13.8 Å². The standard InChI is InChI=1S/C19H35N3O6/c1-12(2)11-27-9-8-21-17(25)15(23)14(10-13-6-7-20-16(13)24)22-18(26)28-19(3,4)5/h12-15,23H,6-11H2,1-5H3,(H,20,24)(H,21,25)(H,22,26)/t13-,14-,15?/m0/s1. The number of nitrogens with one attached hydrogen (secondary N) is 3. The van der Waals surface area contributed by atoms with Crippen molar-refractivity contribution in [2.75, 3.05) is 26.3 Å². The molecule has 4 N–H and O–H groups in total. The second kappa shape index (κ2) is 11.2. The summed E-state index contributed by atoms with van der Waals surface area (Å²) in [5.74, 6) is -0.767. The summed E-state index contributed by atoms with van der Waals surface area (Å²) in [5.41, 5.74) is -0.722. The summed E-state index contributed by atoms with van der Waals surface area (Å²) in [6, 6.07) is -0.944. The van der Waals surface area contributed by atoms with Crippen LogP contribution in [0.4, 0.5) is 4.79 Å². The molecule has 0 radical (unpaired) electrons. The number of rotatable bonds is 10. The normalized spacial score (nSPS) is 19.1. The van der Waals surface area contributed by atoms with Crippen molar-refractivity contribution in [1.82, 2.24) is 16.0 Å². The van der Waals surface area contributed by atoms with Crippen LogP contribution in [0.1, 0.15) is 47.5 Å². The molecule has 1 rings (SSSR count). The molecule has 3 atom stereocenters. The Hall–Kier alpha value is -1.87. The lowest BCUT2D eigenvalue weighted by Gasteiger charge is -2.27. The van der Waals surface area contributed by atoms with Crippen molar-refractivity contribution in [1.29, 1.82) is 0 Å². The van der Waals surface area contributed by atoms with E-state index in [1.54, 1.807) is 20.8 Å². The lowest BCUT2D eigenvalue weighted by molar-refractivity contribution is -0.132. The minimum Gasteiger partial charge on any atom is -0.444 e. The Labute approximate surface area is 166 Å². The van der Waals surface area contributed by atoms with Gasteiger partial charge in [-0.05, 0) is 39.5 Å². The van der Waals surface area contributed by atoms with Gasteiger partial charge in [0.1, 0.15) is 5.60 Å². The summed E-state index contributed by atoms with van der Waals surface area (Å²) in [5, 5.41) is 18.3. The van der Waals surface area contributed by atoms with Crippen LogP contribution in [0, 0.1) is 11.8 Å². The highest BCUT2D eigenvalue weighted by Gasteiger charge is 2.35. The Bertz CT molecular complexity index is 532. The van der Waals surface area contributed by atoms with Crippen molar-refractivity contribution >= 4 is 17.9 Å². The third kappa shape index (κ3) is 9.36. The molecule has 9 heteroatoms. The van der Waals surface area contributed by atoms with E-state index in [0.717, 1.165) is 0 Å². The minimum atomic E-state index is -1.51. The van der Waals surface area contributed by atoms with Crippen molar-refractivity contribution in [3.63, 3.8) is 0 Å². The molecule has 0 aromatic carbocycles. The van der Waals surface area contributed by atoms with Crippen molar-refractivity contribution in [2.45, 2.75) is 65.2 Å². The fraction of sp³-hybridized carbons (Fsp3) is 0.842. The second-order valence-corrected chi connectivity index (χ2v) is 8.47. The number of hydrogen-bond acceptors (Lipinski definition) is 6. The van der Waals surface area contributed by atoms with Gasteiger partial charge in [0.05, 0.1) is 12.6 Å². The van der Waals surface area contributed by atoms with Crippen LogP contribution in [0.25, 0.3) is 0 Å². The molecule has 0 saturated carbocycles. The zero-order valence-electron chi connectivity index (χ0n) is 17.5. The van der Waals surface area contributed by atoms with Crippen LogP contribution in [0.15, 0.2) is 0 Å². The molecule has 0 aromatic rings. The van der Waals surface area contributed by atoms with Crippen LogP contribution < -0.4 is 16.0 Å². The van der Waals surface area contributed by atoms with E-state index in [2.05, 4.69) is 16.0 Å². The Morgan fingerprint density at radius 3 is 2.54 bits per heavy atom. The third-order valence-electron chi connectivity index (χ3n) is 4.05. The predicted octanol–water partition coefficient (Wildman–Crippen LogP) is 0.556. The molecule has 0 aliphatic carbocycles. The molecule has 1 aliphatic rings. The van der Waals surface area contributed by atoms with Gasteiger partial charge in [-0.3, -0.25) is 9.59 Å². The molecule has 0 spiro atoms. The van der Waals surface area contributed by atoms with Crippen LogP contribution in [-0.4, -0.2) is 67.1 Å². The second-order valence-electron chi connectivity index (χ2n) is 8.47. The van der Waals surface area contributed by atoms with Crippen molar-refractivity contribution in [3.8, 4) is 0 Å². The quantitative estimate of drug-likeness (QED) is 0.396. The summed E-state index contributed by atoms with van der Waals surface area (Å²) < 4.78 is 10.6. The molecular weight excluding hydrogens is 366 g/mol. The zero-order chi connectivity index (χ0) is 21.3. The molecular formula is C19H35N3O6. The van der Waals surface area contributed by atoms with Crippen LogP contribution in [0.5, 0.6) is 0 Å². The largest absolute Gasteiger partial charge is 0.444 e. The van der Waals surface area contributed by atoms with Crippen molar-refractivity contribution in [3.05, 3.63) is 0 Å². The Morgan fingerprint density at radius 1 is 1.32 bits per heavy atom. The number of ether oxygens (including phenoxy) is 2. The van der Waals surface area contributed by atoms with E-state index < -0.39 is 29.7 Å². The topological polar surface area (TPSA) is 126 Å². The molecule has 1 unspecified atom stereocenters. The highest BCUT2D eigenvalue weighted by Crippen LogP contribution is 2.18. The first-order valence-electron chi connectivity index (χ1n) is 9.80. The number of aliphatic hydroxyl groups excluding tert-OH is 1. The fourth-order valence-electron chi connectivity index (χ4n) is 2.75. The summed E-state index contributed by atoms with van der Waals surface area (Å²) in [4.78, 5) is 36.3. The molecule has 3 amide bonds. The SMILES string of the molecule is CC(C)COCCNC(=O)C(O)[C@H](C[C@@H]1CCNC1=O)NC(=O)OC(C)(C)C. The first kappa shape index (κ1) is 24.2. The van der Waals surface area contributed by atoms with Gasteiger partial charge >= 0.3 is 6.09 Å². The van der Waals surface area contributed by atoms with Gasteiger partial charge in [0.2, 0.25) is 5.91 Å². The smallest absolute Gasteiger partial charge is 0.407 e. The van der Waals surface area contributed by atoms with Gasteiger partial charge in [-0.2, -0.15) is 0 Å². The number of alkyl carbamates (subject to hydrolysis) is 1. The Kier molecular flexibility index (Phi) is 9.68. The van der Waals surface area contributed by atoms with E-state index in [4.69, 9.17) is 9.47 Å². The third-order valence-corrected chi connectivity index (χ3v) is 4.05. The summed E-state index contributed by atoms with van der Waals surface area (Å²) in [6.07, 6.45) is -1.53. The maximum atomic E-state index is 12.3. The van der Waals surface area contributed by atoms with Crippen LogP contribution >= 0.6 is 0 Å². The number of carbonyl (C=O) groups is 3. The molecule has 162 valence electrons. The minimum absolute atomic E-state index is 0.142.